The molecule has 1 fully saturated rings. The van der Waals surface area contributed by atoms with Crippen LogP contribution in [-0.2, 0) is 30.6 Å². The molecule has 0 saturated carbocycles. The van der Waals surface area contributed by atoms with Crippen molar-refractivity contribution >= 4 is 32.1 Å². The zero-order valence-corrected chi connectivity index (χ0v) is 29.0. The molecule has 4 N–H and O–H groups in total. The van der Waals surface area contributed by atoms with Gasteiger partial charge in [-0.1, -0.05) is 12.0 Å². The second kappa shape index (κ2) is 18.6. The van der Waals surface area contributed by atoms with E-state index >= 15 is 0 Å². The van der Waals surface area contributed by atoms with Crippen molar-refractivity contribution in [2.24, 2.45) is 5.73 Å². The van der Waals surface area contributed by atoms with E-state index in [9.17, 15) is 26.0 Å². The molecule has 1 aliphatic rings. The van der Waals surface area contributed by atoms with E-state index in [0.29, 0.717) is 74.8 Å². The third-order valence-corrected chi connectivity index (χ3v) is 8.94. The summed E-state index contributed by atoms with van der Waals surface area (Å²) in [4.78, 5) is 1.90. The SMILES string of the molecule is CN1CC[C@@H](Nc2cccc3c2cc(C#CCNc2ccc(S(C)(=O)=O)c(OCCOCCOCCOCCN)c2)n3CC(F)(F)F)[C@@H](F)C1. The van der Waals surface area contributed by atoms with Gasteiger partial charge in [-0.15, -0.1) is 0 Å². The number of nitrogens with two attached hydrogens (primary N) is 1. The van der Waals surface area contributed by atoms with Gasteiger partial charge in [0.15, 0.2) is 9.84 Å². The molecule has 50 heavy (non-hydrogen) atoms. The van der Waals surface area contributed by atoms with Crippen LogP contribution < -0.4 is 21.1 Å². The highest BCUT2D eigenvalue weighted by Gasteiger charge is 2.31. The fraction of sp³-hybridized carbons (Fsp3) is 0.529. The number of aromatic nitrogens is 1. The number of sulfone groups is 1. The third-order valence-electron chi connectivity index (χ3n) is 7.80. The number of anilines is 2. The lowest BCUT2D eigenvalue weighted by molar-refractivity contribution is -0.140. The molecule has 2 aromatic carbocycles. The van der Waals surface area contributed by atoms with Gasteiger partial charge in [0, 0.05) is 48.7 Å². The summed E-state index contributed by atoms with van der Waals surface area (Å²) in [7, 11) is -1.77. The lowest BCUT2D eigenvalue weighted by Gasteiger charge is -2.33. The predicted octanol–water partition coefficient (Wildman–Crippen LogP) is 3.91. The fourth-order valence-corrected chi connectivity index (χ4v) is 6.23. The number of nitrogens with one attached hydrogen (secondary N) is 2. The minimum absolute atomic E-state index is 0.00430. The molecule has 16 heteroatoms. The van der Waals surface area contributed by atoms with Gasteiger partial charge in [0.05, 0.1) is 63.4 Å². The summed E-state index contributed by atoms with van der Waals surface area (Å²) in [6.07, 6.45) is -3.99. The molecule has 276 valence electrons. The lowest BCUT2D eigenvalue weighted by Crippen LogP contribution is -2.46. The Balaban J connectivity index is 1.41. The van der Waals surface area contributed by atoms with E-state index in [4.69, 9.17) is 24.7 Å². The van der Waals surface area contributed by atoms with Crippen LogP contribution in [0.5, 0.6) is 5.75 Å². The van der Waals surface area contributed by atoms with Crippen molar-refractivity contribution in [3.8, 4) is 17.6 Å². The van der Waals surface area contributed by atoms with Crippen molar-refractivity contribution in [1.29, 1.82) is 0 Å². The Labute approximate surface area is 290 Å². The molecule has 3 aromatic rings. The van der Waals surface area contributed by atoms with Crippen LogP contribution in [-0.4, -0.2) is 122 Å². The molecule has 1 aromatic heterocycles. The van der Waals surface area contributed by atoms with Crippen molar-refractivity contribution < 1.29 is 44.9 Å². The topological polar surface area (TPSA) is 129 Å². The highest BCUT2D eigenvalue weighted by Crippen LogP contribution is 2.32. The van der Waals surface area contributed by atoms with Crippen LogP contribution in [0, 0.1) is 11.8 Å². The largest absolute Gasteiger partial charge is 0.490 e. The third kappa shape index (κ3) is 12.0. The first-order chi connectivity index (χ1) is 23.9. The quantitative estimate of drug-likeness (QED) is 0.101. The number of halogens is 4. The van der Waals surface area contributed by atoms with Gasteiger partial charge in [-0.2, -0.15) is 13.2 Å². The number of ether oxygens (including phenoxy) is 4. The van der Waals surface area contributed by atoms with Gasteiger partial charge in [-0.3, -0.25) is 0 Å². The zero-order chi connectivity index (χ0) is 36.1. The van der Waals surface area contributed by atoms with E-state index in [1.165, 1.54) is 12.1 Å². The number of hydrogen-bond acceptors (Lipinski definition) is 10. The molecule has 0 spiro atoms. The van der Waals surface area contributed by atoms with Crippen molar-refractivity contribution in [2.75, 3.05) is 96.4 Å². The monoisotopic (exact) mass is 727 g/mol. The van der Waals surface area contributed by atoms with Crippen molar-refractivity contribution in [3.05, 3.63) is 48.2 Å². The van der Waals surface area contributed by atoms with Crippen LogP contribution in [0.1, 0.15) is 12.1 Å². The molecule has 2 atom stereocenters. The average Bonchev–Trinajstić information content (AvgIpc) is 3.39. The summed E-state index contributed by atoms with van der Waals surface area (Å²) in [5.41, 5.74) is 6.87. The van der Waals surface area contributed by atoms with Crippen LogP contribution in [0.4, 0.5) is 28.9 Å². The summed E-state index contributed by atoms with van der Waals surface area (Å²) >= 11 is 0. The second-order valence-corrected chi connectivity index (χ2v) is 13.8. The minimum atomic E-state index is -4.50. The number of hydrogen-bond donors (Lipinski definition) is 3. The first-order valence-corrected chi connectivity index (χ1v) is 18.2. The first-order valence-electron chi connectivity index (χ1n) is 16.3. The van der Waals surface area contributed by atoms with Gasteiger partial charge in [0.2, 0.25) is 0 Å². The zero-order valence-electron chi connectivity index (χ0n) is 28.2. The van der Waals surface area contributed by atoms with Gasteiger partial charge < -0.3 is 44.8 Å². The summed E-state index contributed by atoms with van der Waals surface area (Å²) in [5.74, 6) is 5.83. The molecule has 1 saturated heterocycles. The Kier molecular flexibility index (Phi) is 14.6. The number of piperidine rings is 1. The summed E-state index contributed by atoms with van der Waals surface area (Å²) in [6, 6.07) is 10.5. The maximum atomic E-state index is 14.8. The summed E-state index contributed by atoms with van der Waals surface area (Å²) < 4.78 is 103. The molecule has 1 aliphatic heterocycles. The average molecular weight is 728 g/mol. The molecule has 0 unspecified atom stereocenters. The molecule has 0 amide bonds. The Bertz CT molecular complexity index is 1710. The number of likely N-dealkylation sites (tertiary alicyclic amines) is 1. The lowest BCUT2D eigenvalue weighted by atomic mass is 10.0. The number of alkyl halides is 4. The Morgan fingerprint density at radius 3 is 2.36 bits per heavy atom. The summed E-state index contributed by atoms with van der Waals surface area (Å²) in [6.45, 7) is 2.48. The number of rotatable bonds is 18. The molecule has 0 bridgehead atoms. The molecule has 0 aliphatic carbocycles. The standard InChI is InChI=1S/C34H45F4N5O6S/c1-42-13-10-30(28(35)23-42)41-29-6-3-7-31-27(29)22-26(43(31)24-34(36,37)38)5-4-12-40-25-8-9-33(50(2,44)45)32(21-25)49-20-19-48-18-17-47-16-15-46-14-11-39/h3,6-9,21-22,28,30,40-41H,10-20,23-24,39H2,1-2H3/t28-,30+/m0/s1. The fourth-order valence-electron chi connectivity index (χ4n) is 5.44. The van der Waals surface area contributed by atoms with Crippen LogP contribution >= 0.6 is 0 Å². The van der Waals surface area contributed by atoms with Crippen LogP contribution in [0.25, 0.3) is 10.9 Å². The van der Waals surface area contributed by atoms with Gasteiger partial charge in [-0.25, -0.2) is 12.8 Å². The van der Waals surface area contributed by atoms with Crippen molar-refractivity contribution in [3.63, 3.8) is 0 Å². The maximum Gasteiger partial charge on any atom is 0.406 e. The highest BCUT2D eigenvalue weighted by molar-refractivity contribution is 7.90. The number of benzene rings is 2. The Morgan fingerprint density at radius 2 is 1.70 bits per heavy atom. The van der Waals surface area contributed by atoms with E-state index < -0.39 is 34.8 Å². The van der Waals surface area contributed by atoms with Crippen LogP contribution in [0.3, 0.4) is 0 Å². The van der Waals surface area contributed by atoms with Gasteiger partial charge in [0.1, 0.15) is 30.0 Å². The van der Waals surface area contributed by atoms with Gasteiger partial charge in [0.25, 0.3) is 0 Å². The molecular formula is C34H45F4N5O6S. The number of fused-ring (bicyclic) bond motifs is 1. The smallest absolute Gasteiger partial charge is 0.406 e. The summed E-state index contributed by atoms with van der Waals surface area (Å²) in [5, 5.41) is 6.78. The van der Waals surface area contributed by atoms with E-state index in [0.717, 1.165) is 10.8 Å². The first kappa shape index (κ1) is 39.2. The highest BCUT2D eigenvalue weighted by atomic mass is 32.2. The molecule has 0 radical (unpaired) electrons. The Morgan fingerprint density at radius 1 is 1.00 bits per heavy atom. The van der Waals surface area contributed by atoms with Crippen LogP contribution in [0.15, 0.2) is 47.4 Å². The van der Waals surface area contributed by atoms with Gasteiger partial charge in [-0.05, 0) is 49.7 Å². The second-order valence-electron chi connectivity index (χ2n) is 11.9. The molecular weight excluding hydrogens is 682 g/mol. The van der Waals surface area contributed by atoms with E-state index in [1.54, 1.807) is 30.3 Å². The normalized spacial score (nSPS) is 17.0. The predicted molar refractivity (Wildman–Crippen MR) is 184 cm³/mol. The van der Waals surface area contributed by atoms with Gasteiger partial charge >= 0.3 is 6.18 Å². The van der Waals surface area contributed by atoms with Crippen molar-refractivity contribution in [1.82, 2.24) is 9.47 Å². The maximum absolute atomic E-state index is 14.8. The molecule has 4 rings (SSSR count). The van der Waals surface area contributed by atoms with Crippen molar-refractivity contribution in [2.45, 2.75) is 36.3 Å². The van der Waals surface area contributed by atoms with Crippen LogP contribution in [0.2, 0.25) is 0 Å². The number of nitrogens with zero attached hydrogens (tertiary/aromatic N) is 2. The molecule has 2 heterocycles. The molecule has 11 nitrogen and oxygen atoms in total. The Hall–Kier alpha value is -3.59. The van der Waals surface area contributed by atoms with E-state index in [-0.39, 0.29) is 42.6 Å². The van der Waals surface area contributed by atoms with E-state index in [2.05, 4.69) is 22.5 Å². The van der Waals surface area contributed by atoms with E-state index in [1.807, 2.05) is 11.9 Å². The minimum Gasteiger partial charge on any atom is -0.490 e.